The SMILES string of the molecule is CCSCCC(C)Nc1ncc(Br)cc1[N+](=O)[O-]. The molecule has 0 spiro atoms. The molecule has 0 radical (unpaired) electrons. The van der Waals surface area contributed by atoms with E-state index >= 15 is 0 Å². The quantitative estimate of drug-likeness (QED) is 0.468. The molecule has 0 saturated heterocycles. The third-order valence-electron chi connectivity index (χ3n) is 2.31. The molecule has 1 heterocycles. The van der Waals surface area contributed by atoms with Crippen molar-refractivity contribution in [3.63, 3.8) is 0 Å². The standard InChI is InChI=1S/C11H16BrN3O2S/c1-3-18-5-4-8(2)14-11-10(15(16)17)6-9(12)7-13-11/h6-8H,3-5H2,1-2H3,(H,13,14). The number of halogens is 1. The molecule has 0 aliphatic carbocycles. The molecule has 1 unspecified atom stereocenters. The van der Waals surface area contributed by atoms with E-state index in [0.29, 0.717) is 10.3 Å². The molecule has 1 aromatic rings. The molecule has 0 bridgehead atoms. The topological polar surface area (TPSA) is 68.1 Å². The Hall–Kier alpha value is -0.820. The van der Waals surface area contributed by atoms with Crippen molar-refractivity contribution in [1.82, 2.24) is 4.98 Å². The molecule has 1 N–H and O–H groups in total. The molecule has 18 heavy (non-hydrogen) atoms. The Bertz CT molecular complexity index is 417. The van der Waals surface area contributed by atoms with Gasteiger partial charge in [-0.2, -0.15) is 11.8 Å². The maximum atomic E-state index is 10.9. The molecule has 100 valence electrons. The molecule has 0 amide bonds. The van der Waals surface area contributed by atoms with E-state index in [2.05, 4.69) is 33.2 Å². The predicted molar refractivity (Wildman–Crippen MR) is 79.3 cm³/mol. The van der Waals surface area contributed by atoms with Crippen LogP contribution in [-0.2, 0) is 0 Å². The van der Waals surface area contributed by atoms with Gasteiger partial charge in [-0.15, -0.1) is 0 Å². The summed E-state index contributed by atoms with van der Waals surface area (Å²) in [5.74, 6) is 2.45. The number of nitro groups is 1. The third-order valence-corrected chi connectivity index (χ3v) is 3.68. The summed E-state index contributed by atoms with van der Waals surface area (Å²) >= 11 is 5.04. The molecule has 0 fully saturated rings. The number of nitrogens with zero attached hydrogens (tertiary/aromatic N) is 2. The summed E-state index contributed by atoms with van der Waals surface area (Å²) in [5, 5.41) is 14.0. The van der Waals surface area contributed by atoms with Gasteiger partial charge >= 0.3 is 5.69 Å². The highest BCUT2D eigenvalue weighted by Gasteiger charge is 2.17. The van der Waals surface area contributed by atoms with Crippen molar-refractivity contribution >= 4 is 39.2 Å². The van der Waals surface area contributed by atoms with Crippen LogP contribution in [0.4, 0.5) is 11.5 Å². The van der Waals surface area contributed by atoms with Crippen molar-refractivity contribution in [2.45, 2.75) is 26.3 Å². The van der Waals surface area contributed by atoms with Crippen LogP contribution >= 0.6 is 27.7 Å². The van der Waals surface area contributed by atoms with Gasteiger partial charge in [0.1, 0.15) is 0 Å². The largest absolute Gasteiger partial charge is 0.362 e. The zero-order valence-electron chi connectivity index (χ0n) is 10.4. The predicted octanol–water partition coefficient (Wildman–Crippen LogP) is 3.70. The molecule has 1 rings (SSSR count). The van der Waals surface area contributed by atoms with E-state index in [9.17, 15) is 10.1 Å². The lowest BCUT2D eigenvalue weighted by Crippen LogP contribution is -2.17. The fourth-order valence-electron chi connectivity index (χ4n) is 1.39. The summed E-state index contributed by atoms with van der Waals surface area (Å²) in [6, 6.07) is 1.62. The van der Waals surface area contributed by atoms with Gasteiger partial charge in [-0.05, 0) is 40.8 Å². The van der Waals surface area contributed by atoms with E-state index < -0.39 is 4.92 Å². The minimum atomic E-state index is -0.423. The second-order valence-electron chi connectivity index (χ2n) is 3.81. The van der Waals surface area contributed by atoms with E-state index in [-0.39, 0.29) is 11.7 Å². The van der Waals surface area contributed by atoms with Crippen LogP contribution in [-0.4, -0.2) is 27.5 Å². The van der Waals surface area contributed by atoms with Crippen LogP contribution in [0.5, 0.6) is 0 Å². The fraction of sp³-hybridized carbons (Fsp3) is 0.545. The highest BCUT2D eigenvalue weighted by atomic mass is 79.9. The normalized spacial score (nSPS) is 12.2. The first-order valence-electron chi connectivity index (χ1n) is 5.68. The van der Waals surface area contributed by atoms with Crippen molar-refractivity contribution in [2.75, 3.05) is 16.8 Å². The zero-order valence-corrected chi connectivity index (χ0v) is 12.8. The number of anilines is 1. The summed E-state index contributed by atoms with van der Waals surface area (Å²) in [5.41, 5.74) is -0.000584. The lowest BCUT2D eigenvalue weighted by Gasteiger charge is -2.14. The maximum absolute atomic E-state index is 10.9. The van der Waals surface area contributed by atoms with Crippen molar-refractivity contribution in [1.29, 1.82) is 0 Å². The van der Waals surface area contributed by atoms with Gasteiger partial charge in [0.15, 0.2) is 0 Å². The van der Waals surface area contributed by atoms with Crippen LogP contribution in [0.15, 0.2) is 16.7 Å². The van der Waals surface area contributed by atoms with Gasteiger partial charge in [0.25, 0.3) is 0 Å². The van der Waals surface area contributed by atoms with E-state index in [1.165, 1.54) is 6.07 Å². The first-order chi connectivity index (χ1) is 8.54. The van der Waals surface area contributed by atoms with Crippen LogP contribution in [0.2, 0.25) is 0 Å². The zero-order chi connectivity index (χ0) is 13.5. The number of hydrogen-bond donors (Lipinski definition) is 1. The number of nitrogens with one attached hydrogen (secondary N) is 1. The first-order valence-corrected chi connectivity index (χ1v) is 7.63. The Morgan fingerprint density at radius 1 is 1.67 bits per heavy atom. The summed E-state index contributed by atoms with van der Waals surface area (Å²) in [6.45, 7) is 4.12. The van der Waals surface area contributed by atoms with Crippen molar-refractivity contribution in [3.05, 3.63) is 26.9 Å². The average molecular weight is 334 g/mol. The first kappa shape index (κ1) is 15.2. The Morgan fingerprint density at radius 2 is 2.39 bits per heavy atom. The van der Waals surface area contributed by atoms with Crippen molar-refractivity contribution < 1.29 is 4.92 Å². The smallest absolute Gasteiger partial charge is 0.312 e. The van der Waals surface area contributed by atoms with E-state index in [4.69, 9.17) is 0 Å². The summed E-state index contributed by atoms with van der Waals surface area (Å²) in [7, 11) is 0. The molecule has 1 aromatic heterocycles. The number of hydrogen-bond acceptors (Lipinski definition) is 5. The molecular formula is C11H16BrN3O2S. The highest BCUT2D eigenvalue weighted by Crippen LogP contribution is 2.26. The Morgan fingerprint density at radius 3 is 3.00 bits per heavy atom. The van der Waals surface area contributed by atoms with Crippen LogP contribution in [0.1, 0.15) is 20.3 Å². The lowest BCUT2D eigenvalue weighted by molar-refractivity contribution is -0.384. The number of aromatic nitrogens is 1. The van der Waals surface area contributed by atoms with E-state index in [1.807, 2.05) is 18.7 Å². The van der Waals surface area contributed by atoms with Gasteiger partial charge in [0.05, 0.1) is 4.92 Å². The molecule has 0 aromatic carbocycles. The molecule has 0 saturated carbocycles. The van der Waals surface area contributed by atoms with Gasteiger partial charge in [-0.3, -0.25) is 10.1 Å². The van der Waals surface area contributed by atoms with Crippen LogP contribution in [0, 0.1) is 10.1 Å². The fourth-order valence-corrected chi connectivity index (χ4v) is 2.52. The number of pyridine rings is 1. The van der Waals surface area contributed by atoms with Gasteiger partial charge < -0.3 is 5.32 Å². The second-order valence-corrected chi connectivity index (χ2v) is 6.12. The summed E-state index contributed by atoms with van der Waals surface area (Å²) < 4.78 is 0.606. The molecule has 7 heteroatoms. The number of thioether (sulfide) groups is 1. The molecule has 0 aliphatic heterocycles. The summed E-state index contributed by atoms with van der Waals surface area (Å²) in [6.07, 6.45) is 2.51. The Kier molecular flexibility index (Phi) is 6.42. The van der Waals surface area contributed by atoms with Crippen molar-refractivity contribution in [2.24, 2.45) is 0 Å². The van der Waals surface area contributed by atoms with Gasteiger partial charge in [0.2, 0.25) is 5.82 Å². The average Bonchev–Trinajstić information content (AvgIpc) is 2.31. The highest BCUT2D eigenvalue weighted by molar-refractivity contribution is 9.10. The van der Waals surface area contributed by atoms with Gasteiger partial charge in [0, 0.05) is 22.8 Å². The Labute approximate surface area is 119 Å². The van der Waals surface area contributed by atoms with Gasteiger partial charge in [-0.1, -0.05) is 6.92 Å². The molecular weight excluding hydrogens is 318 g/mol. The van der Waals surface area contributed by atoms with Crippen LogP contribution in [0.25, 0.3) is 0 Å². The van der Waals surface area contributed by atoms with Crippen LogP contribution < -0.4 is 5.32 Å². The number of rotatable bonds is 7. The molecule has 5 nitrogen and oxygen atoms in total. The third kappa shape index (κ3) is 4.81. The van der Waals surface area contributed by atoms with Gasteiger partial charge in [-0.25, -0.2) is 4.98 Å². The van der Waals surface area contributed by atoms with E-state index in [1.54, 1.807) is 6.20 Å². The molecule has 1 atom stereocenters. The second kappa shape index (κ2) is 7.58. The summed E-state index contributed by atoms with van der Waals surface area (Å²) in [4.78, 5) is 14.6. The minimum absolute atomic E-state index is 0.000584. The van der Waals surface area contributed by atoms with Crippen LogP contribution in [0.3, 0.4) is 0 Å². The minimum Gasteiger partial charge on any atom is -0.362 e. The Balaban J connectivity index is 2.68. The van der Waals surface area contributed by atoms with E-state index in [0.717, 1.165) is 17.9 Å². The maximum Gasteiger partial charge on any atom is 0.312 e. The monoisotopic (exact) mass is 333 g/mol. The van der Waals surface area contributed by atoms with Crippen molar-refractivity contribution in [3.8, 4) is 0 Å². The molecule has 0 aliphatic rings. The lowest BCUT2D eigenvalue weighted by atomic mass is 10.2.